The van der Waals surface area contributed by atoms with Crippen LogP contribution < -0.4 is 4.74 Å². The highest BCUT2D eigenvalue weighted by Crippen LogP contribution is 2.21. The third kappa shape index (κ3) is 4.06. The lowest BCUT2D eigenvalue weighted by atomic mass is 10.2. The summed E-state index contributed by atoms with van der Waals surface area (Å²) in [6.07, 6.45) is 0. The third-order valence-electron chi connectivity index (χ3n) is 3.12. The van der Waals surface area contributed by atoms with Crippen molar-refractivity contribution in [3.05, 3.63) is 30.0 Å². The van der Waals surface area contributed by atoms with Gasteiger partial charge in [-0.05, 0) is 31.3 Å². The zero-order valence-electron chi connectivity index (χ0n) is 12.0. The van der Waals surface area contributed by atoms with Crippen LogP contribution in [0.5, 0.6) is 5.75 Å². The van der Waals surface area contributed by atoms with E-state index in [1.807, 2.05) is 18.2 Å². The summed E-state index contributed by atoms with van der Waals surface area (Å²) in [7, 11) is 1.73. The Hall–Kier alpha value is -2.34. The van der Waals surface area contributed by atoms with Crippen LogP contribution in [0.2, 0.25) is 0 Å². The molecule has 2 aromatic rings. The molecule has 0 aliphatic rings. The monoisotopic (exact) mass is 290 g/mol. The SMILES string of the molecule is CC(=O)c1cc2cc(OCCN(C)CC(=O)O)ccc2[nH]1. The van der Waals surface area contributed by atoms with E-state index in [1.54, 1.807) is 18.0 Å². The number of hydrogen-bond acceptors (Lipinski definition) is 4. The quantitative estimate of drug-likeness (QED) is 0.759. The van der Waals surface area contributed by atoms with Crippen LogP contribution in [0.3, 0.4) is 0 Å². The van der Waals surface area contributed by atoms with Gasteiger partial charge in [0.1, 0.15) is 12.4 Å². The number of hydrogen-bond donors (Lipinski definition) is 2. The Morgan fingerprint density at radius 1 is 1.33 bits per heavy atom. The van der Waals surface area contributed by atoms with Gasteiger partial charge in [-0.25, -0.2) is 0 Å². The van der Waals surface area contributed by atoms with Gasteiger partial charge in [0, 0.05) is 24.4 Å². The molecule has 1 aromatic heterocycles. The number of H-pyrrole nitrogens is 1. The third-order valence-corrected chi connectivity index (χ3v) is 3.12. The molecule has 0 spiro atoms. The molecular weight excluding hydrogens is 272 g/mol. The van der Waals surface area contributed by atoms with E-state index in [1.165, 1.54) is 6.92 Å². The summed E-state index contributed by atoms with van der Waals surface area (Å²) in [6.45, 7) is 2.43. The lowest BCUT2D eigenvalue weighted by Gasteiger charge is -2.14. The Labute approximate surface area is 122 Å². The molecule has 1 heterocycles. The van der Waals surface area contributed by atoms with E-state index in [-0.39, 0.29) is 12.3 Å². The number of ether oxygens (including phenoxy) is 1. The van der Waals surface area contributed by atoms with Crippen molar-refractivity contribution < 1.29 is 19.4 Å². The van der Waals surface area contributed by atoms with Crippen LogP contribution in [0.15, 0.2) is 24.3 Å². The molecule has 6 nitrogen and oxygen atoms in total. The summed E-state index contributed by atoms with van der Waals surface area (Å²) in [5.74, 6) is -0.174. The molecular formula is C15H18N2O4. The van der Waals surface area contributed by atoms with Gasteiger partial charge in [-0.3, -0.25) is 14.5 Å². The lowest BCUT2D eigenvalue weighted by molar-refractivity contribution is -0.138. The van der Waals surface area contributed by atoms with Crippen molar-refractivity contribution in [3.8, 4) is 5.75 Å². The number of nitrogens with zero attached hydrogens (tertiary/aromatic N) is 1. The lowest BCUT2D eigenvalue weighted by Crippen LogP contribution is -2.29. The number of fused-ring (bicyclic) bond motifs is 1. The molecule has 0 aliphatic heterocycles. The Morgan fingerprint density at radius 3 is 2.76 bits per heavy atom. The molecule has 0 saturated carbocycles. The fourth-order valence-electron chi connectivity index (χ4n) is 2.02. The smallest absolute Gasteiger partial charge is 0.317 e. The highest BCUT2D eigenvalue weighted by Gasteiger charge is 2.07. The normalized spacial score (nSPS) is 11.0. The van der Waals surface area contributed by atoms with Crippen molar-refractivity contribution in [2.75, 3.05) is 26.7 Å². The average Bonchev–Trinajstić information content (AvgIpc) is 2.81. The maximum absolute atomic E-state index is 11.3. The first kappa shape index (κ1) is 15.1. The molecule has 1 aromatic carbocycles. The molecule has 0 unspecified atom stereocenters. The summed E-state index contributed by atoms with van der Waals surface area (Å²) >= 11 is 0. The van der Waals surface area contributed by atoms with Crippen molar-refractivity contribution in [2.45, 2.75) is 6.92 Å². The van der Waals surface area contributed by atoms with Crippen LogP contribution >= 0.6 is 0 Å². The van der Waals surface area contributed by atoms with E-state index in [2.05, 4.69) is 4.98 Å². The summed E-state index contributed by atoms with van der Waals surface area (Å²) in [6, 6.07) is 7.33. The van der Waals surface area contributed by atoms with Crippen LogP contribution in [-0.2, 0) is 4.79 Å². The van der Waals surface area contributed by atoms with Crippen LogP contribution in [0.25, 0.3) is 10.9 Å². The molecule has 0 saturated heterocycles. The number of carbonyl (C=O) groups is 2. The van der Waals surface area contributed by atoms with Crippen molar-refractivity contribution in [3.63, 3.8) is 0 Å². The number of Topliss-reactive ketones (excluding diaryl/α,β-unsaturated/α-hetero) is 1. The van der Waals surface area contributed by atoms with Gasteiger partial charge in [0.05, 0.1) is 12.2 Å². The molecule has 0 fully saturated rings. The number of rotatable bonds is 7. The second-order valence-electron chi connectivity index (χ2n) is 4.97. The van der Waals surface area contributed by atoms with Crippen LogP contribution in [0.4, 0.5) is 0 Å². The summed E-state index contributed by atoms with van der Waals surface area (Å²) in [5, 5.41) is 9.57. The predicted octanol–water partition coefficient (Wildman–Crippen LogP) is 1.77. The van der Waals surface area contributed by atoms with Crippen molar-refractivity contribution in [1.29, 1.82) is 0 Å². The number of carboxylic acid groups (broad SMARTS) is 1. The maximum Gasteiger partial charge on any atom is 0.317 e. The van der Waals surface area contributed by atoms with E-state index < -0.39 is 5.97 Å². The van der Waals surface area contributed by atoms with Gasteiger partial charge in [0.25, 0.3) is 0 Å². The molecule has 0 amide bonds. The van der Waals surface area contributed by atoms with Gasteiger partial charge in [0.15, 0.2) is 5.78 Å². The van der Waals surface area contributed by atoms with Crippen LogP contribution in [0, 0.1) is 0 Å². The van der Waals surface area contributed by atoms with Crippen molar-refractivity contribution in [2.24, 2.45) is 0 Å². The van der Waals surface area contributed by atoms with Crippen molar-refractivity contribution in [1.82, 2.24) is 9.88 Å². The van der Waals surface area contributed by atoms with Crippen LogP contribution in [0.1, 0.15) is 17.4 Å². The van der Waals surface area contributed by atoms with E-state index in [9.17, 15) is 9.59 Å². The number of nitrogens with one attached hydrogen (secondary N) is 1. The zero-order chi connectivity index (χ0) is 15.4. The highest BCUT2D eigenvalue weighted by molar-refractivity contribution is 5.98. The number of aliphatic carboxylic acids is 1. The second kappa shape index (κ2) is 6.41. The Balaban J connectivity index is 1.96. The summed E-state index contributed by atoms with van der Waals surface area (Å²) < 4.78 is 5.60. The molecule has 0 radical (unpaired) electrons. The molecule has 2 rings (SSSR count). The minimum absolute atomic E-state index is 0.0102. The number of aromatic nitrogens is 1. The minimum Gasteiger partial charge on any atom is -0.492 e. The van der Waals surface area contributed by atoms with Gasteiger partial charge in [-0.15, -0.1) is 0 Å². The summed E-state index contributed by atoms with van der Waals surface area (Å²) in [5.41, 5.74) is 1.46. The van der Waals surface area contributed by atoms with Gasteiger partial charge in [0.2, 0.25) is 0 Å². The molecule has 21 heavy (non-hydrogen) atoms. The molecule has 112 valence electrons. The van der Waals surface area contributed by atoms with Gasteiger partial charge in [-0.2, -0.15) is 0 Å². The number of benzene rings is 1. The number of ketones is 1. The van der Waals surface area contributed by atoms with E-state index in [4.69, 9.17) is 9.84 Å². The molecule has 0 atom stereocenters. The zero-order valence-corrected chi connectivity index (χ0v) is 12.0. The Kier molecular flexibility index (Phi) is 4.59. The number of carbonyl (C=O) groups excluding carboxylic acids is 1. The fraction of sp³-hybridized carbons (Fsp3) is 0.333. The second-order valence-corrected chi connectivity index (χ2v) is 4.97. The Bertz CT molecular complexity index is 663. The largest absolute Gasteiger partial charge is 0.492 e. The molecule has 0 bridgehead atoms. The number of aromatic amines is 1. The standard InChI is InChI=1S/C15H18N2O4/c1-10(18)14-8-11-7-12(3-4-13(11)16-14)21-6-5-17(2)9-15(19)20/h3-4,7-8,16H,5-6,9H2,1-2H3,(H,19,20). The molecule has 6 heteroatoms. The maximum atomic E-state index is 11.3. The first-order chi connectivity index (χ1) is 9.95. The highest BCUT2D eigenvalue weighted by atomic mass is 16.5. The minimum atomic E-state index is -0.858. The molecule has 0 aliphatic carbocycles. The first-order valence-electron chi connectivity index (χ1n) is 6.62. The van der Waals surface area contributed by atoms with E-state index in [0.29, 0.717) is 24.6 Å². The number of carboxylic acids is 1. The van der Waals surface area contributed by atoms with E-state index in [0.717, 1.165) is 10.9 Å². The van der Waals surface area contributed by atoms with Gasteiger partial charge >= 0.3 is 5.97 Å². The number of likely N-dealkylation sites (N-methyl/N-ethyl adjacent to an activating group) is 1. The Morgan fingerprint density at radius 2 is 2.10 bits per heavy atom. The van der Waals surface area contributed by atoms with Gasteiger partial charge in [-0.1, -0.05) is 0 Å². The first-order valence-corrected chi connectivity index (χ1v) is 6.62. The van der Waals surface area contributed by atoms with Gasteiger partial charge < -0.3 is 14.8 Å². The average molecular weight is 290 g/mol. The fourth-order valence-corrected chi connectivity index (χ4v) is 2.02. The van der Waals surface area contributed by atoms with Crippen LogP contribution in [-0.4, -0.2) is 53.5 Å². The van der Waals surface area contributed by atoms with E-state index >= 15 is 0 Å². The topological polar surface area (TPSA) is 82.6 Å². The molecule has 2 N–H and O–H groups in total. The summed E-state index contributed by atoms with van der Waals surface area (Å²) in [4.78, 5) is 26.6. The predicted molar refractivity (Wildman–Crippen MR) is 78.9 cm³/mol. The van der Waals surface area contributed by atoms with Crippen molar-refractivity contribution >= 4 is 22.7 Å².